The van der Waals surface area contributed by atoms with E-state index in [0.29, 0.717) is 5.16 Å². The van der Waals surface area contributed by atoms with Crippen LogP contribution in [0.2, 0.25) is 0 Å². The molecule has 0 bridgehead atoms. The zero-order valence-corrected chi connectivity index (χ0v) is 17.9. The molecule has 0 radical (unpaired) electrons. The maximum atomic E-state index is 11.2. The van der Waals surface area contributed by atoms with Crippen molar-refractivity contribution in [1.29, 1.82) is 0 Å². The quantitative estimate of drug-likeness (QED) is 0.521. The van der Waals surface area contributed by atoms with Crippen molar-refractivity contribution < 1.29 is 4.79 Å². The fourth-order valence-electron chi connectivity index (χ4n) is 3.34. The van der Waals surface area contributed by atoms with E-state index < -0.39 is 0 Å². The van der Waals surface area contributed by atoms with Gasteiger partial charge in [0.05, 0.1) is 0 Å². The molecule has 1 aromatic heterocycles. The zero-order valence-electron chi connectivity index (χ0n) is 17.1. The smallest absolute Gasteiger partial charge is 0.221 e. The fourth-order valence-corrected chi connectivity index (χ4v) is 4.11. The Balaban J connectivity index is 1.54. The standard InChI is InChI=1S/C20H26N8OS/c1-13-11-18(27-26-13)23-17-12-19(28-9-7-21-8-10-28)25-20(24-17)30-16-5-3-15(4-6-16)22-14(2)29/h3-6,12,18,21,27H,7-11H2,1-2H3,(H,22,29)(H,23,24,25). The predicted molar refractivity (Wildman–Crippen MR) is 120 cm³/mol. The summed E-state index contributed by atoms with van der Waals surface area (Å²) in [4.78, 5) is 24.0. The van der Waals surface area contributed by atoms with Gasteiger partial charge < -0.3 is 20.9 Å². The van der Waals surface area contributed by atoms with Crippen LogP contribution in [-0.2, 0) is 4.79 Å². The molecule has 1 unspecified atom stereocenters. The Morgan fingerprint density at radius 2 is 1.97 bits per heavy atom. The molecule has 9 nitrogen and oxygen atoms in total. The van der Waals surface area contributed by atoms with Gasteiger partial charge >= 0.3 is 0 Å². The molecule has 1 aromatic carbocycles. The van der Waals surface area contributed by atoms with Crippen LogP contribution in [0.5, 0.6) is 0 Å². The van der Waals surface area contributed by atoms with Crippen LogP contribution in [0.15, 0.2) is 45.5 Å². The van der Waals surface area contributed by atoms with Gasteiger partial charge in [0, 0.05) is 61.9 Å². The van der Waals surface area contributed by atoms with Crippen molar-refractivity contribution in [2.45, 2.75) is 36.5 Å². The summed E-state index contributed by atoms with van der Waals surface area (Å²) in [6.45, 7) is 7.21. The van der Waals surface area contributed by atoms with Gasteiger partial charge in [-0.25, -0.2) is 9.97 Å². The number of nitrogens with one attached hydrogen (secondary N) is 4. The summed E-state index contributed by atoms with van der Waals surface area (Å²) in [7, 11) is 0. The molecule has 1 atom stereocenters. The first kappa shape index (κ1) is 20.4. The van der Waals surface area contributed by atoms with E-state index in [0.717, 1.165) is 60.5 Å². The number of benzene rings is 1. The van der Waals surface area contributed by atoms with E-state index in [1.807, 2.05) is 37.3 Å². The SMILES string of the molecule is CC(=O)Nc1ccc(Sc2nc(NC3CC(C)=NN3)cc(N3CCNCC3)n2)cc1. The van der Waals surface area contributed by atoms with Crippen molar-refractivity contribution in [2.24, 2.45) is 5.10 Å². The first-order valence-electron chi connectivity index (χ1n) is 10.0. The molecule has 2 aromatic rings. The van der Waals surface area contributed by atoms with Crippen molar-refractivity contribution in [3.63, 3.8) is 0 Å². The molecule has 1 saturated heterocycles. The van der Waals surface area contributed by atoms with Crippen molar-refractivity contribution in [2.75, 3.05) is 41.7 Å². The highest BCUT2D eigenvalue weighted by atomic mass is 32.2. The van der Waals surface area contributed by atoms with Gasteiger partial charge in [-0.05, 0) is 43.0 Å². The number of amides is 1. The van der Waals surface area contributed by atoms with Crippen molar-refractivity contribution in [3.8, 4) is 0 Å². The molecule has 0 aliphatic carbocycles. The summed E-state index contributed by atoms with van der Waals surface area (Å²) in [6.07, 6.45) is 0.866. The van der Waals surface area contributed by atoms with Gasteiger partial charge in [-0.2, -0.15) is 5.10 Å². The summed E-state index contributed by atoms with van der Waals surface area (Å²) < 4.78 is 0. The Morgan fingerprint density at radius 3 is 2.63 bits per heavy atom. The molecule has 2 aliphatic rings. The van der Waals surface area contributed by atoms with Gasteiger partial charge in [-0.3, -0.25) is 10.2 Å². The van der Waals surface area contributed by atoms with Gasteiger partial charge in [-0.1, -0.05) is 0 Å². The van der Waals surface area contributed by atoms with Crippen LogP contribution in [0.1, 0.15) is 20.3 Å². The van der Waals surface area contributed by atoms with Gasteiger partial charge in [-0.15, -0.1) is 0 Å². The van der Waals surface area contributed by atoms with Crippen LogP contribution >= 0.6 is 11.8 Å². The summed E-state index contributed by atoms with van der Waals surface area (Å²) >= 11 is 1.50. The molecule has 4 N–H and O–H groups in total. The van der Waals surface area contributed by atoms with Crippen molar-refractivity contribution in [3.05, 3.63) is 30.3 Å². The molecule has 2 aliphatic heterocycles. The highest BCUT2D eigenvalue weighted by molar-refractivity contribution is 7.99. The van der Waals surface area contributed by atoms with E-state index in [4.69, 9.17) is 9.97 Å². The molecule has 0 saturated carbocycles. The normalized spacial score (nSPS) is 18.5. The van der Waals surface area contributed by atoms with Crippen LogP contribution in [0.4, 0.5) is 17.3 Å². The molecule has 1 fully saturated rings. The van der Waals surface area contributed by atoms with E-state index in [1.165, 1.54) is 18.7 Å². The summed E-state index contributed by atoms with van der Waals surface area (Å²) in [5.41, 5.74) is 4.93. The first-order chi connectivity index (χ1) is 14.5. The molecule has 4 rings (SSSR count). The maximum absolute atomic E-state index is 11.2. The van der Waals surface area contributed by atoms with Crippen LogP contribution in [0, 0.1) is 0 Å². The Bertz CT molecular complexity index is 927. The molecule has 1 amide bonds. The highest BCUT2D eigenvalue weighted by Gasteiger charge is 2.19. The number of hydrazone groups is 1. The number of anilines is 3. The second-order valence-electron chi connectivity index (χ2n) is 7.32. The number of nitrogens with zero attached hydrogens (tertiary/aromatic N) is 4. The summed E-state index contributed by atoms with van der Waals surface area (Å²) in [6, 6.07) is 9.68. The van der Waals surface area contributed by atoms with Crippen LogP contribution in [0.3, 0.4) is 0 Å². The average Bonchev–Trinajstić information content (AvgIpc) is 3.14. The largest absolute Gasteiger partial charge is 0.354 e. The van der Waals surface area contributed by atoms with Crippen LogP contribution < -0.4 is 26.3 Å². The Hall–Kier alpha value is -2.85. The van der Waals surface area contributed by atoms with Crippen LogP contribution in [-0.4, -0.2) is 53.9 Å². The molecule has 30 heavy (non-hydrogen) atoms. The first-order valence-corrected chi connectivity index (χ1v) is 10.8. The molecular formula is C20H26N8OS. The predicted octanol–water partition coefficient (Wildman–Crippen LogP) is 2.10. The number of rotatable bonds is 6. The van der Waals surface area contributed by atoms with Crippen molar-refractivity contribution in [1.82, 2.24) is 20.7 Å². The minimum Gasteiger partial charge on any atom is -0.354 e. The summed E-state index contributed by atoms with van der Waals surface area (Å²) in [5.74, 6) is 1.61. The van der Waals surface area contributed by atoms with E-state index in [2.05, 4.69) is 31.4 Å². The monoisotopic (exact) mass is 426 g/mol. The topological polar surface area (TPSA) is 107 Å². The zero-order chi connectivity index (χ0) is 20.9. The lowest BCUT2D eigenvalue weighted by atomic mass is 10.2. The molecule has 10 heteroatoms. The second-order valence-corrected chi connectivity index (χ2v) is 8.36. The number of hydrogen-bond acceptors (Lipinski definition) is 9. The Labute approximate surface area is 180 Å². The third kappa shape index (κ3) is 5.39. The average molecular weight is 427 g/mol. The minimum atomic E-state index is -0.0853. The number of carbonyl (C=O) groups excluding carboxylic acids is 1. The second kappa shape index (κ2) is 9.31. The number of piperazine rings is 1. The van der Waals surface area contributed by atoms with Gasteiger partial charge in [0.2, 0.25) is 5.91 Å². The van der Waals surface area contributed by atoms with Crippen molar-refractivity contribution >= 4 is 40.7 Å². The van der Waals surface area contributed by atoms with E-state index >= 15 is 0 Å². The Kier molecular flexibility index (Phi) is 6.34. The molecular weight excluding hydrogens is 400 g/mol. The highest BCUT2D eigenvalue weighted by Crippen LogP contribution is 2.29. The molecule has 158 valence electrons. The summed E-state index contributed by atoms with van der Waals surface area (Å²) in [5, 5.41) is 14.5. The fraction of sp³-hybridized carbons (Fsp3) is 0.400. The lowest BCUT2D eigenvalue weighted by Gasteiger charge is -2.29. The minimum absolute atomic E-state index is 0.0329. The number of aromatic nitrogens is 2. The lowest BCUT2D eigenvalue weighted by molar-refractivity contribution is -0.114. The van der Waals surface area contributed by atoms with E-state index in [-0.39, 0.29) is 12.1 Å². The van der Waals surface area contributed by atoms with E-state index in [9.17, 15) is 4.79 Å². The van der Waals surface area contributed by atoms with Gasteiger partial charge in [0.1, 0.15) is 17.8 Å². The third-order valence-corrected chi connectivity index (χ3v) is 5.62. The van der Waals surface area contributed by atoms with Gasteiger partial charge in [0.25, 0.3) is 0 Å². The lowest BCUT2D eigenvalue weighted by Crippen LogP contribution is -2.44. The van der Waals surface area contributed by atoms with E-state index in [1.54, 1.807) is 0 Å². The molecule has 0 spiro atoms. The number of carbonyl (C=O) groups is 1. The maximum Gasteiger partial charge on any atom is 0.221 e. The Morgan fingerprint density at radius 1 is 1.20 bits per heavy atom. The number of hydrogen-bond donors (Lipinski definition) is 4. The van der Waals surface area contributed by atoms with Gasteiger partial charge in [0.15, 0.2) is 5.16 Å². The third-order valence-electron chi connectivity index (χ3n) is 4.75. The van der Waals surface area contributed by atoms with Crippen LogP contribution in [0.25, 0.3) is 0 Å². The molecule has 3 heterocycles.